The van der Waals surface area contributed by atoms with Crippen LogP contribution in [0.1, 0.15) is 12.5 Å². The summed E-state index contributed by atoms with van der Waals surface area (Å²) >= 11 is 7.34. The van der Waals surface area contributed by atoms with Crippen LogP contribution in [0.25, 0.3) is 10.9 Å². The zero-order chi connectivity index (χ0) is 20.5. The number of halogens is 1. The van der Waals surface area contributed by atoms with E-state index in [1.54, 1.807) is 24.3 Å². The predicted octanol–water partition coefficient (Wildman–Crippen LogP) is 4.31. The van der Waals surface area contributed by atoms with E-state index in [1.165, 1.54) is 21.9 Å². The number of allylic oxidation sites excluding steroid dienone is 1. The monoisotopic (exact) mass is 425 g/mol. The summed E-state index contributed by atoms with van der Waals surface area (Å²) < 4.78 is 1.54. The highest BCUT2D eigenvalue weighted by molar-refractivity contribution is 8.00. The summed E-state index contributed by atoms with van der Waals surface area (Å²) in [4.78, 5) is 32.6. The number of thioether (sulfide) groups is 1. The van der Waals surface area contributed by atoms with Gasteiger partial charge in [-0.25, -0.2) is 4.98 Å². The molecule has 0 aliphatic carbocycles. The molecule has 1 unspecified atom stereocenters. The second-order valence-electron chi connectivity index (χ2n) is 6.89. The molecule has 2 heterocycles. The number of para-hydroxylation sites is 1. The van der Waals surface area contributed by atoms with Gasteiger partial charge in [0, 0.05) is 23.8 Å². The van der Waals surface area contributed by atoms with Gasteiger partial charge in [-0.15, -0.1) is 6.58 Å². The number of hydrogen-bond donors (Lipinski definition) is 0. The van der Waals surface area contributed by atoms with Crippen LogP contribution >= 0.6 is 23.4 Å². The molecule has 148 valence electrons. The van der Waals surface area contributed by atoms with E-state index in [1.807, 2.05) is 30.0 Å². The molecule has 0 saturated heterocycles. The normalized spacial score (nSPS) is 14.1. The van der Waals surface area contributed by atoms with Gasteiger partial charge in [-0.05, 0) is 43.2 Å². The molecule has 0 bridgehead atoms. The van der Waals surface area contributed by atoms with E-state index in [-0.39, 0.29) is 11.5 Å². The van der Waals surface area contributed by atoms with Crippen LogP contribution in [-0.4, -0.2) is 27.3 Å². The molecule has 0 fully saturated rings. The topological polar surface area (TPSA) is 55.2 Å². The van der Waals surface area contributed by atoms with Gasteiger partial charge in [-0.2, -0.15) is 0 Å². The molecule has 3 aromatic rings. The summed E-state index contributed by atoms with van der Waals surface area (Å²) in [7, 11) is 0. The van der Waals surface area contributed by atoms with E-state index in [2.05, 4.69) is 17.6 Å². The zero-order valence-electron chi connectivity index (χ0n) is 16.0. The first-order valence-electron chi connectivity index (χ1n) is 9.36. The second-order valence-corrected chi connectivity index (χ2v) is 8.63. The van der Waals surface area contributed by atoms with Crippen LogP contribution in [0.5, 0.6) is 0 Å². The Balaban J connectivity index is 1.67. The van der Waals surface area contributed by atoms with Crippen LogP contribution < -0.4 is 10.5 Å². The van der Waals surface area contributed by atoms with Gasteiger partial charge in [0.2, 0.25) is 5.91 Å². The van der Waals surface area contributed by atoms with Crippen LogP contribution in [0.15, 0.2) is 65.1 Å². The molecular formula is C22H20ClN3O2S. The first-order chi connectivity index (χ1) is 14.0. The maximum absolute atomic E-state index is 13.1. The van der Waals surface area contributed by atoms with Crippen molar-refractivity contribution in [1.29, 1.82) is 0 Å². The highest BCUT2D eigenvalue weighted by Gasteiger charge is 2.29. The lowest BCUT2D eigenvalue weighted by atomic mass is 10.2. The third-order valence-corrected chi connectivity index (χ3v) is 6.29. The van der Waals surface area contributed by atoms with Crippen molar-refractivity contribution in [1.82, 2.24) is 9.55 Å². The zero-order valence-corrected chi connectivity index (χ0v) is 17.5. The highest BCUT2D eigenvalue weighted by Crippen LogP contribution is 2.31. The summed E-state index contributed by atoms with van der Waals surface area (Å²) in [5.41, 5.74) is 2.52. The van der Waals surface area contributed by atoms with Gasteiger partial charge >= 0.3 is 0 Å². The molecule has 7 heteroatoms. The predicted molar refractivity (Wildman–Crippen MR) is 119 cm³/mol. The molecule has 0 saturated carbocycles. The minimum atomic E-state index is -0.395. The minimum absolute atomic E-state index is 0.00977. The Bertz CT molecular complexity index is 1170. The third-order valence-electron chi connectivity index (χ3n) is 4.98. The first-order valence-corrected chi connectivity index (χ1v) is 10.6. The largest absolute Gasteiger partial charge is 0.311 e. The number of benzene rings is 2. The molecule has 1 aliphatic heterocycles. The van der Waals surface area contributed by atoms with E-state index in [9.17, 15) is 9.59 Å². The van der Waals surface area contributed by atoms with Gasteiger partial charge < -0.3 is 4.90 Å². The molecule has 0 spiro atoms. The van der Waals surface area contributed by atoms with Gasteiger partial charge in [0.25, 0.3) is 5.56 Å². The number of anilines is 1. The maximum atomic E-state index is 13.1. The van der Waals surface area contributed by atoms with E-state index < -0.39 is 5.25 Å². The molecule has 1 atom stereocenters. The molecule has 4 rings (SSSR count). The average Bonchev–Trinajstić information content (AvgIpc) is 3.15. The fourth-order valence-corrected chi connectivity index (χ4v) is 4.70. The lowest BCUT2D eigenvalue weighted by molar-refractivity contribution is -0.117. The Hall–Kier alpha value is -2.57. The standard InChI is InChI=1S/C22H20ClN3O2S/c1-3-11-26-21(28)17-13-16(23)8-9-18(17)24-22(26)29-14(2)20(27)25-12-10-15-6-4-5-7-19(15)25/h3-9,13-14H,1,10-12H2,2H3. The molecular weight excluding hydrogens is 406 g/mol. The van der Waals surface area contributed by atoms with Crippen molar-refractivity contribution in [3.8, 4) is 0 Å². The number of nitrogens with zero attached hydrogens (tertiary/aromatic N) is 3. The Morgan fingerprint density at radius 2 is 2.14 bits per heavy atom. The van der Waals surface area contributed by atoms with Crippen molar-refractivity contribution < 1.29 is 4.79 Å². The van der Waals surface area contributed by atoms with E-state index in [0.29, 0.717) is 34.2 Å². The van der Waals surface area contributed by atoms with E-state index in [0.717, 1.165) is 12.1 Å². The van der Waals surface area contributed by atoms with Gasteiger partial charge in [-0.1, -0.05) is 47.6 Å². The molecule has 29 heavy (non-hydrogen) atoms. The smallest absolute Gasteiger partial charge is 0.262 e. The fraction of sp³-hybridized carbons (Fsp3) is 0.227. The van der Waals surface area contributed by atoms with Crippen molar-refractivity contribution in [2.24, 2.45) is 0 Å². The van der Waals surface area contributed by atoms with Crippen molar-refractivity contribution >= 4 is 45.9 Å². The van der Waals surface area contributed by atoms with E-state index >= 15 is 0 Å². The highest BCUT2D eigenvalue weighted by atomic mass is 35.5. The molecule has 1 amide bonds. The van der Waals surface area contributed by atoms with Crippen molar-refractivity contribution in [2.45, 2.75) is 30.3 Å². The van der Waals surface area contributed by atoms with E-state index in [4.69, 9.17) is 11.6 Å². The van der Waals surface area contributed by atoms with Gasteiger partial charge in [0.1, 0.15) is 0 Å². The Morgan fingerprint density at radius 3 is 2.93 bits per heavy atom. The minimum Gasteiger partial charge on any atom is -0.311 e. The van der Waals surface area contributed by atoms with Crippen molar-refractivity contribution in [2.75, 3.05) is 11.4 Å². The lowest BCUT2D eigenvalue weighted by Gasteiger charge is -2.22. The number of hydrogen-bond acceptors (Lipinski definition) is 4. The number of rotatable bonds is 5. The van der Waals surface area contributed by atoms with Crippen LogP contribution in [-0.2, 0) is 17.8 Å². The summed E-state index contributed by atoms with van der Waals surface area (Å²) in [6.07, 6.45) is 2.50. The number of fused-ring (bicyclic) bond motifs is 2. The number of aromatic nitrogens is 2. The third kappa shape index (κ3) is 3.70. The number of amides is 1. The summed E-state index contributed by atoms with van der Waals surface area (Å²) in [6, 6.07) is 13.0. The fourth-order valence-electron chi connectivity index (χ4n) is 3.55. The average molecular weight is 426 g/mol. The lowest BCUT2D eigenvalue weighted by Crippen LogP contribution is -2.35. The molecule has 2 aromatic carbocycles. The van der Waals surface area contributed by atoms with Gasteiger partial charge in [0.15, 0.2) is 5.16 Å². The molecule has 1 aromatic heterocycles. The van der Waals surface area contributed by atoms with Gasteiger partial charge in [-0.3, -0.25) is 14.2 Å². The summed E-state index contributed by atoms with van der Waals surface area (Å²) in [6.45, 7) is 6.57. The quantitative estimate of drug-likeness (QED) is 0.347. The Morgan fingerprint density at radius 1 is 1.34 bits per heavy atom. The maximum Gasteiger partial charge on any atom is 0.262 e. The molecule has 0 N–H and O–H groups in total. The molecule has 5 nitrogen and oxygen atoms in total. The van der Waals surface area contributed by atoms with Crippen LogP contribution in [0.4, 0.5) is 5.69 Å². The number of carbonyl (C=O) groups excluding carboxylic acids is 1. The van der Waals surface area contributed by atoms with Crippen LogP contribution in [0.3, 0.4) is 0 Å². The van der Waals surface area contributed by atoms with Crippen LogP contribution in [0, 0.1) is 0 Å². The second kappa shape index (κ2) is 8.05. The van der Waals surface area contributed by atoms with Gasteiger partial charge in [0.05, 0.1) is 16.2 Å². The summed E-state index contributed by atoms with van der Waals surface area (Å²) in [5.74, 6) is 0.00977. The van der Waals surface area contributed by atoms with Crippen molar-refractivity contribution in [3.05, 3.63) is 76.1 Å². The first kappa shape index (κ1) is 19.7. The van der Waals surface area contributed by atoms with Crippen LogP contribution in [0.2, 0.25) is 5.02 Å². The Kier molecular flexibility index (Phi) is 5.48. The summed E-state index contributed by atoms with van der Waals surface area (Å²) in [5, 5.41) is 1.04. The Labute approximate surface area is 178 Å². The molecule has 1 aliphatic rings. The molecule has 0 radical (unpaired) electrons. The number of carbonyl (C=O) groups is 1. The van der Waals surface area contributed by atoms with Crippen molar-refractivity contribution in [3.63, 3.8) is 0 Å². The SMILES string of the molecule is C=CCn1c(SC(C)C(=O)N2CCc3ccccc32)nc2ccc(Cl)cc2c1=O.